The van der Waals surface area contributed by atoms with Crippen LogP contribution in [0, 0.1) is 13.8 Å². The Morgan fingerprint density at radius 1 is 1.47 bits per heavy atom. The molecule has 1 N–H and O–H groups in total. The van der Waals surface area contributed by atoms with Crippen LogP contribution in [0.1, 0.15) is 29.5 Å². The van der Waals surface area contributed by atoms with Crippen molar-refractivity contribution in [2.24, 2.45) is 0 Å². The smallest absolute Gasteiger partial charge is 0.315 e. The molecular weight excluding hydrogens is 349 g/mol. The average molecular weight is 365 g/mol. The lowest BCUT2D eigenvalue weighted by Crippen LogP contribution is -2.00. The van der Waals surface area contributed by atoms with Crippen LogP contribution in [0.25, 0.3) is 0 Å². The minimum Gasteiger partial charge on any atom is -0.394 e. The van der Waals surface area contributed by atoms with Crippen molar-refractivity contribution < 1.29 is 7.86 Å². The normalized spacial score (nSPS) is 10.1. The van der Waals surface area contributed by atoms with Crippen molar-refractivity contribution >= 4 is 47.5 Å². The highest BCUT2D eigenvalue weighted by atomic mass is 127. The summed E-state index contributed by atoms with van der Waals surface area (Å²) in [6, 6.07) is 4.17. The molecule has 1 aromatic rings. The molecule has 0 aliphatic carbocycles. The molecule has 1 aromatic carbocycles. The van der Waals surface area contributed by atoms with Gasteiger partial charge in [0.25, 0.3) is 0 Å². The first-order valence-corrected chi connectivity index (χ1v) is 6.73. The molecule has 0 saturated carbocycles. The molecule has 0 aromatic heterocycles. The summed E-state index contributed by atoms with van der Waals surface area (Å²) in [5.41, 5.74) is 4.67. The third-order valence-corrected chi connectivity index (χ3v) is 3.56. The maximum absolute atomic E-state index is 11.0. The van der Waals surface area contributed by atoms with Gasteiger partial charge in [0.15, 0.2) is 23.0 Å². The Balaban J connectivity index is 2.71. The van der Waals surface area contributed by atoms with Crippen molar-refractivity contribution in [1.29, 1.82) is 0 Å². The molecule has 0 saturated heterocycles. The first-order valence-electron chi connectivity index (χ1n) is 5.40. The standard InChI is InChI=1S/C12H16INO2S/c1-8-6-7-10(12(14-17)9(8)2)4-3-5-11(15)16-13/h6-7,14,17H,3-5H2,1-2H3. The molecule has 0 bridgehead atoms. The minimum absolute atomic E-state index is 0.171. The molecule has 94 valence electrons. The number of nitrogens with one attached hydrogen (secondary N) is 1. The number of aryl methyl sites for hydroxylation is 2. The Hall–Kier alpha value is -0.430. The van der Waals surface area contributed by atoms with Gasteiger partial charge in [0, 0.05) is 6.42 Å². The van der Waals surface area contributed by atoms with Crippen molar-refractivity contribution in [3.63, 3.8) is 0 Å². The number of rotatable bonds is 5. The predicted octanol–water partition coefficient (Wildman–Crippen LogP) is 3.78. The second kappa shape index (κ2) is 7.10. The number of halogens is 1. The van der Waals surface area contributed by atoms with Gasteiger partial charge >= 0.3 is 5.97 Å². The summed E-state index contributed by atoms with van der Waals surface area (Å²) in [4.78, 5) is 11.0. The van der Waals surface area contributed by atoms with E-state index < -0.39 is 0 Å². The Kier molecular flexibility index (Phi) is 6.11. The molecule has 0 spiro atoms. The van der Waals surface area contributed by atoms with E-state index in [2.05, 4.69) is 46.6 Å². The predicted molar refractivity (Wildman–Crippen MR) is 81.6 cm³/mol. The Labute approximate surface area is 122 Å². The van der Waals surface area contributed by atoms with Crippen molar-refractivity contribution in [1.82, 2.24) is 0 Å². The molecule has 0 fully saturated rings. The molecule has 17 heavy (non-hydrogen) atoms. The van der Waals surface area contributed by atoms with E-state index in [1.54, 1.807) is 23.0 Å². The van der Waals surface area contributed by atoms with Crippen LogP contribution in [0.15, 0.2) is 12.1 Å². The lowest BCUT2D eigenvalue weighted by molar-refractivity contribution is -0.131. The molecule has 0 radical (unpaired) electrons. The van der Waals surface area contributed by atoms with Gasteiger partial charge < -0.3 is 7.79 Å². The molecule has 0 aliphatic rings. The molecule has 0 aliphatic heterocycles. The van der Waals surface area contributed by atoms with E-state index >= 15 is 0 Å². The van der Waals surface area contributed by atoms with E-state index in [4.69, 9.17) is 0 Å². The minimum atomic E-state index is -0.171. The summed E-state index contributed by atoms with van der Waals surface area (Å²) in [6.45, 7) is 4.14. The summed E-state index contributed by atoms with van der Waals surface area (Å²) in [5, 5.41) is 0. The maximum atomic E-state index is 11.0. The van der Waals surface area contributed by atoms with Crippen LogP contribution in [0.4, 0.5) is 5.69 Å². The van der Waals surface area contributed by atoms with E-state index in [0.717, 1.165) is 18.5 Å². The Bertz CT molecular complexity index is 410. The third kappa shape index (κ3) is 4.06. The zero-order valence-corrected chi connectivity index (χ0v) is 13.0. The fourth-order valence-corrected chi connectivity index (χ4v) is 2.23. The molecule has 1 rings (SSSR count). The Morgan fingerprint density at radius 3 is 2.76 bits per heavy atom. The van der Waals surface area contributed by atoms with Gasteiger partial charge in [-0.05, 0) is 43.4 Å². The van der Waals surface area contributed by atoms with Gasteiger partial charge in [0.05, 0.1) is 5.69 Å². The van der Waals surface area contributed by atoms with E-state index in [1.807, 2.05) is 0 Å². The van der Waals surface area contributed by atoms with E-state index in [0.29, 0.717) is 6.42 Å². The summed E-state index contributed by atoms with van der Waals surface area (Å²) < 4.78 is 7.52. The number of carbonyl (C=O) groups excluding carboxylic acids is 1. The number of carbonyl (C=O) groups is 1. The zero-order chi connectivity index (χ0) is 12.8. The van der Waals surface area contributed by atoms with Crippen molar-refractivity contribution in [3.05, 3.63) is 28.8 Å². The molecule has 5 heteroatoms. The highest BCUT2D eigenvalue weighted by Gasteiger charge is 2.08. The lowest BCUT2D eigenvalue weighted by atomic mass is 9.99. The van der Waals surface area contributed by atoms with Gasteiger partial charge in [-0.25, -0.2) is 0 Å². The first-order chi connectivity index (χ1) is 8.10. The van der Waals surface area contributed by atoms with E-state index in [9.17, 15) is 4.79 Å². The van der Waals surface area contributed by atoms with Gasteiger partial charge in [-0.2, -0.15) is 0 Å². The fraction of sp³-hybridized carbons (Fsp3) is 0.417. The average Bonchev–Trinajstić information content (AvgIpc) is 2.33. The van der Waals surface area contributed by atoms with Crippen molar-refractivity contribution in [3.8, 4) is 0 Å². The molecule has 0 amide bonds. The fourth-order valence-electron chi connectivity index (χ4n) is 1.70. The SMILES string of the molecule is Cc1ccc(CCCC(=O)OI)c(NS)c1C. The largest absolute Gasteiger partial charge is 0.394 e. The zero-order valence-electron chi connectivity index (χ0n) is 9.92. The van der Waals surface area contributed by atoms with Crippen LogP contribution < -0.4 is 4.72 Å². The van der Waals surface area contributed by atoms with Gasteiger partial charge in [-0.3, -0.25) is 4.79 Å². The van der Waals surface area contributed by atoms with Gasteiger partial charge in [-0.1, -0.05) is 24.9 Å². The van der Waals surface area contributed by atoms with Crippen molar-refractivity contribution in [2.45, 2.75) is 33.1 Å². The number of hydrogen-bond donors (Lipinski definition) is 2. The van der Waals surface area contributed by atoms with E-state index in [1.165, 1.54) is 16.7 Å². The van der Waals surface area contributed by atoms with Crippen molar-refractivity contribution in [2.75, 3.05) is 4.72 Å². The van der Waals surface area contributed by atoms with Crippen LogP contribution in [-0.2, 0) is 14.3 Å². The number of benzene rings is 1. The monoisotopic (exact) mass is 365 g/mol. The van der Waals surface area contributed by atoms with Gasteiger partial charge in [0.1, 0.15) is 0 Å². The van der Waals surface area contributed by atoms with Gasteiger partial charge in [0.2, 0.25) is 0 Å². The molecule has 0 unspecified atom stereocenters. The lowest BCUT2D eigenvalue weighted by Gasteiger charge is -2.13. The summed E-state index contributed by atoms with van der Waals surface area (Å²) >= 11 is 5.75. The molecule has 3 nitrogen and oxygen atoms in total. The van der Waals surface area contributed by atoms with Crippen LogP contribution in [-0.4, -0.2) is 5.97 Å². The third-order valence-electron chi connectivity index (χ3n) is 2.85. The second-order valence-electron chi connectivity index (χ2n) is 3.96. The number of anilines is 1. The maximum Gasteiger partial charge on any atom is 0.315 e. The first kappa shape index (κ1) is 14.6. The van der Waals surface area contributed by atoms with Gasteiger partial charge in [-0.15, -0.1) is 0 Å². The summed E-state index contributed by atoms with van der Waals surface area (Å²) in [7, 11) is 0. The van der Waals surface area contributed by atoms with Crippen LogP contribution in [0.2, 0.25) is 0 Å². The second-order valence-corrected chi connectivity index (χ2v) is 4.62. The topological polar surface area (TPSA) is 38.3 Å². The van der Waals surface area contributed by atoms with E-state index in [-0.39, 0.29) is 5.97 Å². The van der Waals surface area contributed by atoms with Crippen LogP contribution >= 0.6 is 35.8 Å². The highest BCUT2D eigenvalue weighted by molar-refractivity contribution is 14.1. The highest BCUT2D eigenvalue weighted by Crippen LogP contribution is 2.25. The summed E-state index contributed by atoms with van der Waals surface area (Å²) in [6.07, 6.45) is 2.07. The van der Waals surface area contributed by atoms with Crippen LogP contribution in [0.5, 0.6) is 0 Å². The quantitative estimate of drug-likeness (QED) is 0.616. The van der Waals surface area contributed by atoms with Crippen LogP contribution in [0.3, 0.4) is 0 Å². The molecular formula is C12H16INO2S. The number of thiol groups is 1. The number of hydrogen-bond acceptors (Lipinski definition) is 4. The summed E-state index contributed by atoms with van der Waals surface area (Å²) in [5.74, 6) is -0.171. The Morgan fingerprint density at radius 2 is 2.18 bits per heavy atom. The molecule has 0 heterocycles. The molecule has 0 atom stereocenters.